The molecule has 0 aromatic carbocycles. The molecule has 0 spiro atoms. The summed E-state index contributed by atoms with van der Waals surface area (Å²) in [5.74, 6) is -1.93. The molecule has 0 aromatic rings. The van der Waals surface area contributed by atoms with E-state index < -0.39 is 27.9 Å². The van der Waals surface area contributed by atoms with Gasteiger partial charge in [-0.2, -0.15) is 0 Å². The van der Waals surface area contributed by atoms with Gasteiger partial charge >= 0.3 is 0 Å². The standard InChI is InChI=1S/C35H52O4/c1-22(2)13-12-19-33(11)27(16-14-23(3)4)21-34(20-18-25(7)8)30(37)28(17-15-24(5)6)31(38)35(33,32(34)39)29(36)26(9)10/h13-15,18,26-27,37H,12,16-17,19-21H2,1-11H3/t27?,33?,34?,35-/m0/s1. The van der Waals surface area contributed by atoms with Gasteiger partial charge in [-0.05, 0) is 105 Å². The fraction of sp³-hybridized carbons (Fsp3) is 0.629. The smallest absolute Gasteiger partial charge is 0.184 e. The molecule has 0 aromatic heterocycles. The topological polar surface area (TPSA) is 71.4 Å². The van der Waals surface area contributed by atoms with Crippen molar-refractivity contribution in [3.8, 4) is 0 Å². The summed E-state index contributed by atoms with van der Waals surface area (Å²) in [5, 5.41) is 11.9. The van der Waals surface area contributed by atoms with E-state index in [2.05, 4.69) is 12.2 Å². The number of carbonyl (C=O) groups excluding carboxylic acids is 3. The zero-order valence-electron chi connectivity index (χ0n) is 26.4. The van der Waals surface area contributed by atoms with Gasteiger partial charge in [-0.1, -0.05) is 67.4 Å². The monoisotopic (exact) mass is 536 g/mol. The lowest BCUT2D eigenvalue weighted by molar-refractivity contribution is -0.180. The second-order valence-electron chi connectivity index (χ2n) is 13.5. The van der Waals surface area contributed by atoms with E-state index >= 15 is 0 Å². The van der Waals surface area contributed by atoms with Gasteiger partial charge in [-0.15, -0.1) is 0 Å². The Labute approximate surface area is 237 Å². The largest absolute Gasteiger partial charge is 0.511 e. The van der Waals surface area contributed by atoms with E-state index in [1.165, 1.54) is 5.57 Å². The number of Topliss-reactive ketones (excluding diaryl/α,β-unsaturated/α-hetero) is 3. The van der Waals surface area contributed by atoms with Crippen molar-refractivity contribution < 1.29 is 19.5 Å². The van der Waals surface area contributed by atoms with Gasteiger partial charge in [-0.3, -0.25) is 14.4 Å². The molecule has 216 valence electrons. The highest BCUT2D eigenvalue weighted by molar-refractivity contribution is 6.33. The minimum atomic E-state index is -1.83. The Kier molecular flexibility index (Phi) is 10.4. The van der Waals surface area contributed by atoms with Gasteiger partial charge in [-0.25, -0.2) is 0 Å². The molecule has 4 atom stereocenters. The molecule has 4 nitrogen and oxygen atoms in total. The van der Waals surface area contributed by atoms with Crippen LogP contribution in [0.5, 0.6) is 0 Å². The summed E-state index contributed by atoms with van der Waals surface area (Å²) in [4.78, 5) is 44.3. The summed E-state index contributed by atoms with van der Waals surface area (Å²) >= 11 is 0. The Balaban J connectivity index is 3.09. The van der Waals surface area contributed by atoms with E-state index in [1.807, 2.05) is 74.5 Å². The molecule has 0 aliphatic heterocycles. The molecule has 2 aliphatic carbocycles. The summed E-state index contributed by atoms with van der Waals surface area (Å²) in [7, 11) is 0. The minimum Gasteiger partial charge on any atom is -0.511 e. The number of ketones is 3. The van der Waals surface area contributed by atoms with Crippen LogP contribution in [-0.4, -0.2) is 22.5 Å². The first-order valence-electron chi connectivity index (χ1n) is 14.6. The van der Waals surface area contributed by atoms with Crippen LogP contribution in [0.3, 0.4) is 0 Å². The SMILES string of the molecule is CC(C)=CCCC1(C)C(CC=C(C)C)CC2(CC=C(C)C)C(=O)[C@]1(C(=O)C(C)C)C(=O)C(CC=C(C)C)=C2O. The highest BCUT2D eigenvalue weighted by atomic mass is 16.3. The van der Waals surface area contributed by atoms with Gasteiger partial charge < -0.3 is 5.11 Å². The van der Waals surface area contributed by atoms with Gasteiger partial charge in [0.05, 0.1) is 5.41 Å². The van der Waals surface area contributed by atoms with Crippen molar-refractivity contribution in [3.63, 3.8) is 0 Å². The van der Waals surface area contributed by atoms with Crippen molar-refractivity contribution in [3.05, 3.63) is 57.9 Å². The van der Waals surface area contributed by atoms with Crippen molar-refractivity contribution in [1.82, 2.24) is 0 Å². The van der Waals surface area contributed by atoms with Gasteiger partial charge in [0, 0.05) is 11.5 Å². The number of carbonyl (C=O) groups is 3. The number of aliphatic hydroxyl groups is 1. The summed E-state index contributed by atoms with van der Waals surface area (Å²) < 4.78 is 0. The molecule has 2 bridgehead atoms. The van der Waals surface area contributed by atoms with E-state index in [4.69, 9.17) is 0 Å². The maximum Gasteiger partial charge on any atom is 0.184 e. The fourth-order valence-electron chi connectivity index (χ4n) is 6.71. The minimum absolute atomic E-state index is 0.117. The van der Waals surface area contributed by atoms with E-state index in [1.54, 1.807) is 13.8 Å². The van der Waals surface area contributed by atoms with Crippen molar-refractivity contribution in [2.24, 2.45) is 28.1 Å². The van der Waals surface area contributed by atoms with Crippen molar-refractivity contribution in [2.45, 2.75) is 115 Å². The predicted octanol–water partition coefficient (Wildman–Crippen LogP) is 8.99. The molecule has 2 aliphatic rings. The molecule has 0 heterocycles. The third kappa shape index (κ3) is 5.86. The summed E-state index contributed by atoms with van der Waals surface area (Å²) in [6.07, 6.45) is 11.0. The summed E-state index contributed by atoms with van der Waals surface area (Å²) in [6.45, 7) is 21.6. The Bertz CT molecular complexity index is 1140. The van der Waals surface area contributed by atoms with Crippen molar-refractivity contribution in [1.29, 1.82) is 0 Å². The second-order valence-corrected chi connectivity index (χ2v) is 13.5. The normalized spacial score (nSPS) is 28.3. The van der Waals surface area contributed by atoms with Gasteiger partial charge in [0.25, 0.3) is 0 Å². The molecule has 1 saturated carbocycles. The van der Waals surface area contributed by atoms with Crippen LogP contribution in [0.15, 0.2) is 57.9 Å². The quantitative estimate of drug-likeness (QED) is 0.211. The maximum absolute atomic E-state index is 15.0. The molecular weight excluding hydrogens is 484 g/mol. The van der Waals surface area contributed by atoms with Gasteiger partial charge in [0.2, 0.25) is 0 Å². The van der Waals surface area contributed by atoms with Crippen LogP contribution >= 0.6 is 0 Å². The Morgan fingerprint density at radius 1 is 0.897 bits per heavy atom. The second kappa shape index (κ2) is 12.4. The first-order valence-corrected chi connectivity index (χ1v) is 14.6. The average molecular weight is 537 g/mol. The van der Waals surface area contributed by atoms with Crippen LogP contribution in [0.2, 0.25) is 0 Å². The van der Waals surface area contributed by atoms with E-state index in [0.717, 1.165) is 16.7 Å². The van der Waals surface area contributed by atoms with Crippen LogP contribution in [0.25, 0.3) is 0 Å². The maximum atomic E-state index is 15.0. The average Bonchev–Trinajstić information content (AvgIpc) is 2.81. The molecule has 3 unspecified atom stereocenters. The number of hydrogen-bond donors (Lipinski definition) is 1. The lowest BCUT2D eigenvalue weighted by Gasteiger charge is -2.61. The van der Waals surface area contributed by atoms with Crippen molar-refractivity contribution >= 4 is 17.3 Å². The number of rotatable bonds is 11. The fourth-order valence-corrected chi connectivity index (χ4v) is 6.71. The van der Waals surface area contributed by atoms with Crippen molar-refractivity contribution in [2.75, 3.05) is 0 Å². The summed E-state index contributed by atoms with van der Waals surface area (Å²) in [6, 6.07) is 0. The van der Waals surface area contributed by atoms with E-state index in [0.29, 0.717) is 25.7 Å². The van der Waals surface area contributed by atoms with Crippen LogP contribution in [0.4, 0.5) is 0 Å². The first-order chi connectivity index (χ1) is 18.0. The third-order valence-electron chi connectivity index (χ3n) is 8.98. The number of allylic oxidation sites excluding steroid dienone is 10. The molecule has 39 heavy (non-hydrogen) atoms. The number of hydrogen-bond acceptors (Lipinski definition) is 4. The molecular formula is C35H52O4. The molecule has 4 heteroatoms. The van der Waals surface area contributed by atoms with Crippen LogP contribution in [0, 0.1) is 28.1 Å². The zero-order valence-corrected chi connectivity index (χ0v) is 26.4. The van der Waals surface area contributed by atoms with E-state index in [-0.39, 0.29) is 41.7 Å². The Morgan fingerprint density at radius 3 is 1.92 bits per heavy atom. The Hall–Kier alpha value is -2.49. The molecule has 0 radical (unpaired) electrons. The third-order valence-corrected chi connectivity index (χ3v) is 8.98. The summed E-state index contributed by atoms with van der Waals surface area (Å²) in [5.41, 5.74) is 0.583. The highest BCUT2D eigenvalue weighted by Gasteiger charge is 2.75. The molecule has 0 amide bonds. The molecule has 0 saturated heterocycles. The van der Waals surface area contributed by atoms with E-state index in [9.17, 15) is 19.5 Å². The number of fused-ring (bicyclic) bond motifs is 2. The lowest BCUT2D eigenvalue weighted by Crippen LogP contribution is -2.71. The zero-order chi connectivity index (χ0) is 29.9. The van der Waals surface area contributed by atoms with Gasteiger partial charge in [0.1, 0.15) is 5.76 Å². The van der Waals surface area contributed by atoms with Gasteiger partial charge in [0.15, 0.2) is 22.8 Å². The Morgan fingerprint density at radius 2 is 1.44 bits per heavy atom. The molecule has 1 fully saturated rings. The number of aliphatic hydroxyl groups excluding tert-OH is 1. The lowest BCUT2D eigenvalue weighted by atomic mass is 9.38. The highest BCUT2D eigenvalue weighted by Crippen LogP contribution is 2.67. The molecule has 1 N–H and O–H groups in total. The molecule has 2 rings (SSSR count). The predicted molar refractivity (Wildman–Crippen MR) is 161 cm³/mol. The van der Waals surface area contributed by atoms with Crippen LogP contribution < -0.4 is 0 Å². The first kappa shape index (κ1) is 32.7. The van der Waals surface area contributed by atoms with Crippen LogP contribution in [-0.2, 0) is 14.4 Å². The van der Waals surface area contributed by atoms with Crippen LogP contribution in [0.1, 0.15) is 115 Å².